The number of hydrogen-bond acceptors (Lipinski definition) is 6. The molecule has 28 heavy (non-hydrogen) atoms. The van der Waals surface area contributed by atoms with Crippen molar-refractivity contribution in [1.29, 1.82) is 0 Å². The second-order valence-electron chi connectivity index (χ2n) is 5.51. The van der Waals surface area contributed by atoms with Crippen LogP contribution >= 0.6 is 34.8 Å². The third-order valence-corrected chi connectivity index (χ3v) is 4.74. The summed E-state index contributed by atoms with van der Waals surface area (Å²) in [6.45, 7) is 0. The molecule has 3 heterocycles. The third kappa shape index (κ3) is 3.62. The van der Waals surface area contributed by atoms with Crippen LogP contribution in [0.15, 0.2) is 49.4 Å². The van der Waals surface area contributed by atoms with Gasteiger partial charge in [-0.2, -0.15) is 4.98 Å². The molecule has 0 atom stereocenters. The Morgan fingerprint density at radius 2 is 1.79 bits per heavy atom. The van der Waals surface area contributed by atoms with Gasteiger partial charge in [-0.25, -0.2) is 24.3 Å². The Balaban J connectivity index is 1.81. The maximum atomic E-state index is 13.4. The van der Waals surface area contributed by atoms with Gasteiger partial charge in [-0.3, -0.25) is 4.57 Å². The van der Waals surface area contributed by atoms with Crippen LogP contribution in [0, 0.1) is 5.82 Å². The van der Waals surface area contributed by atoms with Crippen LogP contribution in [0.3, 0.4) is 0 Å². The molecule has 1 aromatic carbocycles. The molecular formula is C17H9Cl3FN7. The molecule has 3 aromatic heterocycles. The number of nitrogens with one attached hydrogen (secondary N) is 1. The number of rotatable bonds is 4. The lowest BCUT2D eigenvalue weighted by molar-refractivity contribution is 0.628. The fourth-order valence-corrected chi connectivity index (χ4v) is 2.91. The van der Waals surface area contributed by atoms with Crippen molar-refractivity contribution in [3.8, 4) is 16.9 Å². The van der Waals surface area contributed by atoms with E-state index in [0.717, 1.165) is 0 Å². The molecular weight excluding hydrogens is 428 g/mol. The van der Waals surface area contributed by atoms with E-state index in [0.29, 0.717) is 22.6 Å². The van der Waals surface area contributed by atoms with Crippen LogP contribution in [-0.2, 0) is 0 Å². The Bertz CT molecular complexity index is 1150. The summed E-state index contributed by atoms with van der Waals surface area (Å²) in [5, 5.41) is 3.28. The first-order valence-electron chi connectivity index (χ1n) is 7.76. The maximum absolute atomic E-state index is 13.4. The molecule has 0 bridgehead atoms. The average molecular weight is 437 g/mol. The molecule has 0 saturated heterocycles. The molecule has 0 saturated carbocycles. The summed E-state index contributed by atoms with van der Waals surface area (Å²) in [7, 11) is 0. The summed E-state index contributed by atoms with van der Waals surface area (Å²) < 4.78 is 14.9. The highest BCUT2D eigenvalue weighted by Gasteiger charge is 2.17. The first-order chi connectivity index (χ1) is 13.5. The number of imidazole rings is 1. The minimum Gasteiger partial charge on any atom is -0.324 e. The highest BCUT2D eigenvalue weighted by molar-refractivity contribution is 6.40. The zero-order valence-electron chi connectivity index (χ0n) is 13.8. The van der Waals surface area contributed by atoms with E-state index in [1.807, 2.05) is 0 Å². The minimum absolute atomic E-state index is 0.0206. The van der Waals surface area contributed by atoms with E-state index >= 15 is 0 Å². The third-order valence-electron chi connectivity index (χ3n) is 3.71. The fraction of sp³-hybridized carbons (Fsp3) is 0. The summed E-state index contributed by atoms with van der Waals surface area (Å²) in [6.07, 6.45) is 7.68. The summed E-state index contributed by atoms with van der Waals surface area (Å²) >= 11 is 18.1. The van der Waals surface area contributed by atoms with E-state index in [2.05, 4.69) is 30.2 Å². The molecule has 0 unspecified atom stereocenters. The highest BCUT2D eigenvalue weighted by Crippen LogP contribution is 2.30. The van der Waals surface area contributed by atoms with E-state index in [9.17, 15) is 4.39 Å². The van der Waals surface area contributed by atoms with E-state index in [4.69, 9.17) is 34.8 Å². The summed E-state index contributed by atoms with van der Waals surface area (Å²) in [5.74, 6) is 0.122. The molecule has 0 aliphatic rings. The number of anilines is 2. The van der Waals surface area contributed by atoms with Crippen LogP contribution in [0.25, 0.3) is 16.9 Å². The second kappa shape index (κ2) is 7.67. The van der Waals surface area contributed by atoms with Gasteiger partial charge in [0.15, 0.2) is 16.1 Å². The molecule has 140 valence electrons. The van der Waals surface area contributed by atoms with Gasteiger partial charge in [0.05, 0.1) is 5.02 Å². The van der Waals surface area contributed by atoms with E-state index in [1.165, 1.54) is 35.4 Å². The lowest BCUT2D eigenvalue weighted by Crippen LogP contribution is -2.05. The van der Waals surface area contributed by atoms with Gasteiger partial charge in [0, 0.05) is 35.4 Å². The lowest BCUT2D eigenvalue weighted by atomic mass is 10.1. The molecule has 0 aliphatic heterocycles. The average Bonchev–Trinajstić information content (AvgIpc) is 3.04. The van der Waals surface area contributed by atoms with Gasteiger partial charge in [-0.15, -0.1) is 0 Å². The van der Waals surface area contributed by atoms with Crippen LogP contribution in [0.1, 0.15) is 0 Å². The molecule has 4 aromatic rings. The van der Waals surface area contributed by atoms with Crippen LogP contribution in [0.2, 0.25) is 15.3 Å². The molecule has 0 radical (unpaired) electrons. The zero-order chi connectivity index (χ0) is 19.7. The Morgan fingerprint density at radius 3 is 2.46 bits per heavy atom. The predicted molar refractivity (Wildman–Crippen MR) is 105 cm³/mol. The van der Waals surface area contributed by atoms with Crippen LogP contribution in [-0.4, -0.2) is 29.5 Å². The number of benzene rings is 1. The van der Waals surface area contributed by atoms with Gasteiger partial charge in [-0.1, -0.05) is 34.8 Å². The Kier molecular flexibility index (Phi) is 5.08. The Labute approximate surface area is 173 Å². The first-order valence-corrected chi connectivity index (χ1v) is 8.89. The largest absolute Gasteiger partial charge is 0.324 e. The van der Waals surface area contributed by atoms with Crippen LogP contribution in [0.5, 0.6) is 0 Å². The topological polar surface area (TPSA) is 81.4 Å². The monoisotopic (exact) mass is 435 g/mol. The molecule has 7 nitrogen and oxygen atoms in total. The Morgan fingerprint density at radius 1 is 1.00 bits per heavy atom. The van der Waals surface area contributed by atoms with E-state index in [1.54, 1.807) is 18.6 Å². The SMILES string of the molecule is Fc1ccc(Nc2ncc(-c3cncnc3)c(-n3cnc(Cl)c3Cl)n2)cc1Cl. The second-order valence-corrected chi connectivity index (χ2v) is 6.63. The highest BCUT2D eigenvalue weighted by atomic mass is 35.5. The van der Waals surface area contributed by atoms with Crippen molar-refractivity contribution in [2.75, 3.05) is 5.32 Å². The van der Waals surface area contributed by atoms with Gasteiger partial charge in [0.25, 0.3) is 0 Å². The van der Waals surface area contributed by atoms with Crippen LogP contribution in [0.4, 0.5) is 16.0 Å². The van der Waals surface area contributed by atoms with Crippen LogP contribution < -0.4 is 5.32 Å². The summed E-state index contributed by atoms with van der Waals surface area (Å²) in [6, 6.07) is 4.19. The lowest BCUT2D eigenvalue weighted by Gasteiger charge is -2.12. The predicted octanol–water partition coefficient (Wildman–Crippen LogP) is 4.96. The van der Waals surface area contributed by atoms with Crippen molar-refractivity contribution >= 4 is 46.4 Å². The normalized spacial score (nSPS) is 10.9. The van der Waals surface area contributed by atoms with Gasteiger partial charge in [0.2, 0.25) is 5.95 Å². The molecule has 4 rings (SSSR count). The van der Waals surface area contributed by atoms with Gasteiger partial charge >= 0.3 is 0 Å². The van der Waals surface area contributed by atoms with Gasteiger partial charge in [-0.05, 0) is 18.2 Å². The maximum Gasteiger partial charge on any atom is 0.229 e. The smallest absolute Gasteiger partial charge is 0.229 e. The van der Waals surface area contributed by atoms with Gasteiger partial charge in [0.1, 0.15) is 18.5 Å². The molecule has 11 heteroatoms. The summed E-state index contributed by atoms with van der Waals surface area (Å²) in [4.78, 5) is 20.8. The Hall–Kier alpha value is -2.81. The number of halogens is 4. The number of hydrogen-bond donors (Lipinski definition) is 1. The van der Waals surface area contributed by atoms with Crippen molar-refractivity contribution in [3.05, 3.63) is 70.6 Å². The molecule has 0 spiro atoms. The van der Waals surface area contributed by atoms with Gasteiger partial charge < -0.3 is 5.32 Å². The van der Waals surface area contributed by atoms with Crippen molar-refractivity contribution in [3.63, 3.8) is 0 Å². The van der Waals surface area contributed by atoms with Crippen molar-refractivity contribution in [1.82, 2.24) is 29.5 Å². The first kappa shape index (κ1) is 18.5. The fourth-order valence-electron chi connectivity index (χ4n) is 2.42. The van der Waals surface area contributed by atoms with E-state index < -0.39 is 5.82 Å². The molecule has 0 fully saturated rings. The van der Waals surface area contributed by atoms with Crippen molar-refractivity contribution in [2.45, 2.75) is 0 Å². The molecule has 0 aliphatic carbocycles. The van der Waals surface area contributed by atoms with E-state index in [-0.39, 0.29) is 21.3 Å². The zero-order valence-corrected chi connectivity index (χ0v) is 16.1. The minimum atomic E-state index is -0.520. The summed E-state index contributed by atoms with van der Waals surface area (Å²) in [5.41, 5.74) is 1.80. The quantitative estimate of drug-likeness (QED) is 0.487. The standard InChI is InChI=1S/C17H9Cl3FN7/c18-12-3-10(1-2-13(12)21)26-17-24-6-11(9-4-22-7-23-5-9)16(27-17)28-8-25-14(19)15(28)20/h1-8H,(H,24,26,27). The number of aromatic nitrogens is 6. The number of nitrogens with zero attached hydrogens (tertiary/aromatic N) is 6. The molecule has 1 N–H and O–H groups in total. The van der Waals surface area contributed by atoms with Crippen molar-refractivity contribution in [2.24, 2.45) is 0 Å². The van der Waals surface area contributed by atoms with Crippen molar-refractivity contribution < 1.29 is 4.39 Å². The molecule has 0 amide bonds.